The fraction of sp³-hybridized carbons (Fsp3) is 0.455. The van der Waals surface area contributed by atoms with Gasteiger partial charge in [-0.15, -0.1) is 0 Å². The number of anilines is 2. The van der Waals surface area contributed by atoms with E-state index >= 15 is 0 Å². The van der Waals surface area contributed by atoms with E-state index in [0.717, 1.165) is 0 Å². The molecule has 1 aromatic rings. The zero-order valence-corrected chi connectivity index (χ0v) is 10.1. The largest absolute Gasteiger partial charge is 0.396 e. The molecule has 0 unspecified atom stereocenters. The van der Waals surface area contributed by atoms with Crippen molar-refractivity contribution in [3.8, 4) is 0 Å². The summed E-state index contributed by atoms with van der Waals surface area (Å²) < 4.78 is 0. The van der Waals surface area contributed by atoms with E-state index in [0.29, 0.717) is 23.2 Å². The average Bonchev–Trinajstić information content (AvgIpc) is 2.29. The Kier molecular flexibility index (Phi) is 4.87. The van der Waals surface area contributed by atoms with E-state index in [-0.39, 0.29) is 31.0 Å². The van der Waals surface area contributed by atoms with E-state index in [9.17, 15) is 10.1 Å². The molecular weight excluding hydrogens is 238 g/mol. The third kappa shape index (κ3) is 2.69. The highest BCUT2D eigenvalue weighted by molar-refractivity contribution is 5.81. The number of benzene rings is 1. The number of nitro groups is 1. The third-order valence-electron chi connectivity index (χ3n) is 2.69. The molecule has 0 bridgehead atoms. The Bertz CT molecular complexity index is 448. The molecule has 0 radical (unpaired) electrons. The average molecular weight is 255 g/mol. The number of nitrogens with two attached hydrogens (primary N) is 1. The van der Waals surface area contributed by atoms with Gasteiger partial charge in [-0.25, -0.2) is 0 Å². The first-order chi connectivity index (χ1) is 8.56. The van der Waals surface area contributed by atoms with Gasteiger partial charge in [-0.3, -0.25) is 10.1 Å². The lowest BCUT2D eigenvalue weighted by Gasteiger charge is -2.14. The molecule has 0 amide bonds. The van der Waals surface area contributed by atoms with E-state index in [2.05, 4.69) is 5.32 Å². The molecule has 0 saturated heterocycles. The van der Waals surface area contributed by atoms with Crippen molar-refractivity contribution in [2.45, 2.75) is 12.8 Å². The van der Waals surface area contributed by atoms with Gasteiger partial charge in [0.05, 0.1) is 10.6 Å². The van der Waals surface area contributed by atoms with Crippen LogP contribution in [0.25, 0.3) is 0 Å². The van der Waals surface area contributed by atoms with Crippen LogP contribution in [0.3, 0.4) is 0 Å². The molecule has 0 heterocycles. The first-order valence-corrected chi connectivity index (χ1v) is 5.54. The van der Waals surface area contributed by atoms with Crippen LogP contribution in [0.15, 0.2) is 6.07 Å². The zero-order valence-electron chi connectivity index (χ0n) is 10.1. The molecule has 0 aliphatic rings. The molecule has 100 valence electrons. The van der Waals surface area contributed by atoms with Gasteiger partial charge in [0.1, 0.15) is 5.69 Å². The molecule has 0 fully saturated rings. The monoisotopic (exact) mass is 255 g/mol. The quantitative estimate of drug-likeness (QED) is 0.329. The van der Waals surface area contributed by atoms with E-state index in [1.54, 1.807) is 13.1 Å². The van der Waals surface area contributed by atoms with Crippen LogP contribution in [-0.2, 0) is 12.8 Å². The summed E-state index contributed by atoms with van der Waals surface area (Å²) in [4.78, 5) is 10.5. The van der Waals surface area contributed by atoms with E-state index in [1.165, 1.54) is 0 Å². The maximum Gasteiger partial charge on any atom is 0.297 e. The lowest BCUT2D eigenvalue weighted by molar-refractivity contribution is -0.384. The summed E-state index contributed by atoms with van der Waals surface area (Å²) in [5.41, 5.74) is 7.18. The first-order valence-electron chi connectivity index (χ1n) is 5.54. The Hall–Kier alpha value is -1.86. The Morgan fingerprint density at radius 3 is 2.33 bits per heavy atom. The Morgan fingerprint density at radius 2 is 1.89 bits per heavy atom. The Balaban J connectivity index is 3.45. The van der Waals surface area contributed by atoms with Crippen LogP contribution in [0.4, 0.5) is 17.1 Å². The summed E-state index contributed by atoms with van der Waals surface area (Å²) in [5.74, 6) is 0. The van der Waals surface area contributed by atoms with E-state index in [4.69, 9.17) is 15.9 Å². The molecule has 0 spiro atoms. The minimum Gasteiger partial charge on any atom is -0.396 e. The van der Waals surface area contributed by atoms with Crippen LogP contribution in [0, 0.1) is 10.1 Å². The maximum atomic E-state index is 11.0. The highest BCUT2D eigenvalue weighted by atomic mass is 16.6. The molecule has 0 aliphatic heterocycles. The van der Waals surface area contributed by atoms with Crippen molar-refractivity contribution in [1.29, 1.82) is 0 Å². The third-order valence-corrected chi connectivity index (χ3v) is 2.69. The lowest BCUT2D eigenvalue weighted by atomic mass is 10.00. The number of rotatable bonds is 6. The van der Waals surface area contributed by atoms with Crippen molar-refractivity contribution in [3.05, 3.63) is 27.3 Å². The molecule has 18 heavy (non-hydrogen) atoms. The minimum atomic E-state index is -0.552. The van der Waals surface area contributed by atoms with Gasteiger partial charge in [-0.05, 0) is 18.1 Å². The summed E-state index contributed by atoms with van der Waals surface area (Å²) in [6, 6.07) is 1.60. The number of nitrogen functional groups attached to an aromatic ring is 1. The van der Waals surface area contributed by atoms with Crippen LogP contribution in [0.5, 0.6) is 0 Å². The number of nitrogens with zero attached hydrogens (tertiary/aromatic N) is 1. The summed E-state index contributed by atoms with van der Waals surface area (Å²) in [5, 5.41) is 31.7. The van der Waals surface area contributed by atoms with Crippen molar-refractivity contribution in [2.24, 2.45) is 0 Å². The molecule has 1 aromatic carbocycles. The van der Waals surface area contributed by atoms with Gasteiger partial charge in [-0.2, -0.15) is 0 Å². The molecule has 0 aliphatic carbocycles. The van der Waals surface area contributed by atoms with Crippen LogP contribution < -0.4 is 11.1 Å². The van der Waals surface area contributed by atoms with Gasteiger partial charge in [0.15, 0.2) is 0 Å². The topological polar surface area (TPSA) is 122 Å². The highest BCUT2D eigenvalue weighted by Gasteiger charge is 2.23. The van der Waals surface area contributed by atoms with Crippen molar-refractivity contribution < 1.29 is 15.1 Å². The summed E-state index contributed by atoms with van der Waals surface area (Å²) in [6.07, 6.45) is 0.500. The predicted octanol–water partition coefficient (Wildman–Crippen LogP) is 0.288. The van der Waals surface area contributed by atoms with Crippen LogP contribution >= 0.6 is 0 Å². The molecule has 1 rings (SSSR count). The molecule has 7 nitrogen and oxygen atoms in total. The number of nitrogens with one attached hydrogen (secondary N) is 1. The number of hydrogen-bond donors (Lipinski definition) is 4. The maximum absolute atomic E-state index is 11.0. The Labute approximate surface area is 104 Å². The van der Waals surface area contributed by atoms with Crippen molar-refractivity contribution in [1.82, 2.24) is 0 Å². The second-order valence-corrected chi connectivity index (χ2v) is 3.79. The Morgan fingerprint density at radius 1 is 1.33 bits per heavy atom. The standard InChI is InChI=1S/C11H17N3O4/c1-13-10-7(2-4-15)6-8(3-5-16)11(9(10)12)14(17)18/h6,13,15-16H,2-5,12H2,1H3. The SMILES string of the molecule is CNc1c(CCO)cc(CCO)c([N+](=O)[O-])c1N. The fourth-order valence-electron chi connectivity index (χ4n) is 1.95. The summed E-state index contributed by atoms with van der Waals surface area (Å²) in [7, 11) is 1.61. The van der Waals surface area contributed by atoms with E-state index < -0.39 is 4.92 Å². The lowest BCUT2D eigenvalue weighted by Crippen LogP contribution is -2.09. The van der Waals surface area contributed by atoms with Gasteiger partial charge < -0.3 is 21.3 Å². The highest BCUT2D eigenvalue weighted by Crippen LogP contribution is 2.36. The summed E-state index contributed by atoms with van der Waals surface area (Å²) in [6.45, 7) is -0.276. The fourth-order valence-corrected chi connectivity index (χ4v) is 1.95. The van der Waals surface area contributed by atoms with E-state index in [1.807, 2.05) is 0 Å². The summed E-state index contributed by atoms with van der Waals surface area (Å²) >= 11 is 0. The second-order valence-electron chi connectivity index (χ2n) is 3.79. The molecule has 0 aromatic heterocycles. The van der Waals surface area contributed by atoms with Gasteiger partial charge >= 0.3 is 0 Å². The van der Waals surface area contributed by atoms with Crippen LogP contribution in [0.1, 0.15) is 11.1 Å². The van der Waals surface area contributed by atoms with Crippen molar-refractivity contribution in [3.63, 3.8) is 0 Å². The molecule has 7 heteroatoms. The number of nitro benzene ring substituents is 1. The number of aliphatic hydroxyl groups is 2. The zero-order chi connectivity index (χ0) is 13.7. The normalized spacial score (nSPS) is 10.4. The minimum absolute atomic E-state index is 0.0388. The van der Waals surface area contributed by atoms with Gasteiger partial charge in [0.2, 0.25) is 0 Å². The van der Waals surface area contributed by atoms with Crippen molar-refractivity contribution in [2.75, 3.05) is 31.3 Å². The van der Waals surface area contributed by atoms with Crippen LogP contribution in [-0.4, -0.2) is 35.4 Å². The van der Waals surface area contributed by atoms with Gasteiger partial charge in [-0.1, -0.05) is 0 Å². The second kappa shape index (κ2) is 6.18. The number of hydrogen-bond acceptors (Lipinski definition) is 6. The van der Waals surface area contributed by atoms with Gasteiger partial charge in [0, 0.05) is 32.2 Å². The number of aliphatic hydroxyl groups excluding tert-OH is 2. The molecule has 0 saturated carbocycles. The molecule has 5 N–H and O–H groups in total. The van der Waals surface area contributed by atoms with Crippen molar-refractivity contribution >= 4 is 17.1 Å². The smallest absolute Gasteiger partial charge is 0.297 e. The molecular formula is C11H17N3O4. The van der Waals surface area contributed by atoms with Gasteiger partial charge in [0.25, 0.3) is 5.69 Å². The molecule has 0 atom stereocenters. The first kappa shape index (κ1) is 14.2. The predicted molar refractivity (Wildman–Crippen MR) is 68.6 cm³/mol. The van der Waals surface area contributed by atoms with Crippen LogP contribution in [0.2, 0.25) is 0 Å².